The minimum atomic E-state index is -0.690. The van der Waals surface area contributed by atoms with Gasteiger partial charge < -0.3 is 19.8 Å². The van der Waals surface area contributed by atoms with Gasteiger partial charge in [0.25, 0.3) is 0 Å². The molecule has 1 aliphatic rings. The van der Waals surface area contributed by atoms with Crippen LogP contribution in [0.4, 0.5) is 5.69 Å². The van der Waals surface area contributed by atoms with Gasteiger partial charge in [0.2, 0.25) is 0 Å². The predicted octanol–water partition coefficient (Wildman–Crippen LogP) is 4.75. The number of rotatable bonds is 7. The molecule has 1 atom stereocenters. The second-order valence-corrected chi connectivity index (χ2v) is 7.35. The predicted molar refractivity (Wildman–Crippen MR) is 123 cm³/mol. The summed E-state index contributed by atoms with van der Waals surface area (Å²) in [6, 6.07) is 10.6. The quantitative estimate of drug-likeness (QED) is 0.334. The molecule has 7 heteroatoms. The Morgan fingerprint density at radius 2 is 1.87 bits per heavy atom. The van der Waals surface area contributed by atoms with Crippen LogP contribution in [0.2, 0.25) is 0 Å². The largest absolute Gasteiger partial charge is 0.461 e. The number of nitrogens with zero attached hydrogens (tertiary/aromatic N) is 1. The number of ether oxygens (including phenoxy) is 1. The number of hydrogen-bond acceptors (Lipinski definition) is 6. The highest BCUT2D eigenvalue weighted by molar-refractivity contribution is 7.71. The summed E-state index contributed by atoms with van der Waals surface area (Å²) in [5, 5.41) is 9.84. The minimum absolute atomic E-state index is 0.0378. The van der Waals surface area contributed by atoms with Crippen molar-refractivity contribution in [3.63, 3.8) is 0 Å². The summed E-state index contributed by atoms with van der Waals surface area (Å²) < 4.78 is 7.98. The van der Waals surface area contributed by atoms with Crippen LogP contribution in [0.1, 0.15) is 63.1 Å². The lowest BCUT2D eigenvalue weighted by molar-refractivity contribution is -0.153. The van der Waals surface area contributed by atoms with Crippen molar-refractivity contribution in [2.24, 2.45) is 0 Å². The SMILES string of the molecule is CC.CNNc1ccn(C(C(=O)OC2CCCCC2)c2ccccc2)c(=S)c1CO. The highest BCUT2D eigenvalue weighted by Gasteiger charge is 2.28. The van der Waals surface area contributed by atoms with Gasteiger partial charge in [0, 0.05) is 18.8 Å². The molecule has 1 heterocycles. The van der Waals surface area contributed by atoms with Gasteiger partial charge in [0.15, 0.2) is 6.04 Å². The van der Waals surface area contributed by atoms with Crippen molar-refractivity contribution in [1.29, 1.82) is 0 Å². The van der Waals surface area contributed by atoms with Crippen molar-refractivity contribution >= 4 is 23.9 Å². The van der Waals surface area contributed by atoms with Gasteiger partial charge in [0.1, 0.15) is 10.7 Å². The third-order valence-electron chi connectivity index (χ3n) is 5.09. The van der Waals surface area contributed by atoms with Crippen LogP contribution in [0.15, 0.2) is 42.6 Å². The van der Waals surface area contributed by atoms with E-state index in [4.69, 9.17) is 17.0 Å². The van der Waals surface area contributed by atoms with Crippen molar-refractivity contribution in [1.82, 2.24) is 9.99 Å². The number of esters is 1. The number of pyridine rings is 1. The van der Waals surface area contributed by atoms with E-state index in [1.165, 1.54) is 6.42 Å². The first-order valence-corrected chi connectivity index (χ1v) is 11.1. The monoisotopic (exact) mass is 431 g/mol. The number of carbonyl (C=O) groups excluding carboxylic acids is 1. The summed E-state index contributed by atoms with van der Waals surface area (Å²) in [6.45, 7) is 3.77. The van der Waals surface area contributed by atoms with Crippen molar-refractivity contribution in [3.05, 3.63) is 58.4 Å². The molecule has 0 amide bonds. The molecular formula is C23H33N3O3S. The van der Waals surface area contributed by atoms with Crippen LogP contribution < -0.4 is 10.9 Å². The van der Waals surface area contributed by atoms with Crippen LogP contribution in [-0.4, -0.2) is 28.8 Å². The summed E-state index contributed by atoms with van der Waals surface area (Å²) in [7, 11) is 1.74. The number of benzene rings is 1. The molecule has 0 radical (unpaired) electrons. The smallest absolute Gasteiger partial charge is 0.334 e. The summed E-state index contributed by atoms with van der Waals surface area (Å²) in [6.07, 6.45) is 6.92. The fourth-order valence-electron chi connectivity index (χ4n) is 3.66. The molecule has 3 rings (SSSR count). The van der Waals surface area contributed by atoms with Gasteiger partial charge in [-0.15, -0.1) is 0 Å². The average Bonchev–Trinajstić information content (AvgIpc) is 2.79. The molecule has 1 unspecified atom stereocenters. The molecule has 6 nitrogen and oxygen atoms in total. The maximum Gasteiger partial charge on any atom is 0.334 e. The molecule has 1 saturated carbocycles. The number of aliphatic hydroxyl groups excluding tert-OH is 1. The van der Waals surface area contributed by atoms with Gasteiger partial charge in [-0.3, -0.25) is 0 Å². The number of carbonyl (C=O) groups is 1. The number of hydrazine groups is 1. The Kier molecular flexibility index (Phi) is 10.00. The molecule has 1 aliphatic carbocycles. The van der Waals surface area contributed by atoms with Crippen molar-refractivity contribution in [2.45, 2.75) is 64.7 Å². The van der Waals surface area contributed by atoms with Crippen LogP contribution in [0.3, 0.4) is 0 Å². The molecule has 0 spiro atoms. The third-order valence-corrected chi connectivity index (χ3v) is 5.55. The number of hydrogen-bond donors (Lipinski definition) is 3. The minimum Gasteiger partial charge on any atom is -0.461 e. The zero-order valence-electron chi connectivity index (χ0n) is 18.1. The molecule has 1 aromatic carbocycles. The average molecular weight is 432 g/mol. The van der Waals surface area contributed by atoms with E-state index < -0.39 is 6.04 Å². The van der Waals surface area contributed by atoms with E-state index in [1.54, 1.807) is 23.9 Å². The molecule has 1 fully saturated rings. The normalized spacial score (nSPS) is 14.9. The van der Waals surface area contributed by atoms with Crippen LogP contribution >= 0.6 is 12.2 Å². The van der Waals surface area contributed by atoms with Gasteiger partial charge in [-0.25, -0.2) is 10.2 Å². The molecule has 30 heavy (non-hydrogen) atoms. The number of anilines is 1. The Morgan fingerprint density at radius 3 is 2.47 bits per heavy atom. The Labute approximate surface area is 184 Å². The lowest BCUT2D eigenvalue weighted by atomic mass is 9.97. The molecule has 2 aromatic rings. The third kappa shape index (κ3) is 5.90. The number of aliphatic hydroxyl groups is 1. The van der Waals surface area contributed by atoms with Gasteiger partial charge in [0.05, 0.1) is 12.3 Å². The van der Waals surface area contributed by atoms with Gasteiger partial charge in [-0.2, -0.15) is 0 Å². The first-order valence-electron chi connectivity index (χ1n) is 10.7. The Balaban J connectivity index is 0.00000155. The highest BCUT2D eigenvalue weighted by Crippen LogP contribution is 2.28. The van der Waals surface area contributed by atoms with Crippen molar-refractivity contribution in [3.8, 4) is 0 Å². The Bertz CT molecular complexity index is 849. The maximum absolute atomic E-state index is 13.2. The Morgan fingerprint density at radius 1 is 1.20 bits per heavy atom. The zero-order chi connectivity index (χ0) is 21.9. The van der Waals surface area contributed by atoms with Crippen molar-refractivity contribution in [2.75, 3.05) is 12.5 Å². The summed E-state index contributed by atoms with van der Waals surface area (Å²) >= 11 is 5.62. The summed E-state index contributed by atoms with van der Waals surface area (Å²) in [5.41, 5.74) is 7.83. The fourth-order valence-corrected chi connectivity index (χ4v) is 4.00. The summed E-state index contributed by atoms with van der Waals surface area (Å²) in [5.74, 6) is -0.313. The first kappa shape index (κ1) is 24.1. The molecule has 0 aliphatic heterocycles. The van der Waals surface area contributed by atoms with Gasteiger partial charge in [-0.1, -0.05) is 62.8 Å². The molecule has 0 bridgehead atoms. The van der Waals surface area contributed by atoms with Crippen LogP contribution in [0.25, 0.3) is 0 Å². The van der Waals surface area contributed by atoms with E-state index in [0.717, 1.165) is 31.2 Å². The highest BCUT2D eigenvalue weighted by atomic mass is 32.1. The lowest BCUT2D eigenvalue weighted by Gasteiger charge is -2.27. The van der Waals surface area contributed by atoms with E-state index in [9.17, 15) is 9.90 Å². The van der Waals surface area contributed by atoms with Gasteiger partial charge in [-0.05, 0) is 37.3 Å². The molecule has 0 saturated heterocycles. The van der Waals surface area contributed by atoms with E-state index in [0.29, 0.717) is 15.9 Å². The van der Waals surface area contributed by atoms with Crippen molar-refractivity contribution < 1.29 is 14.6 Å². The van der Waals surface area contributed by atoms with Crippen LogP contribution in [0, 0.1) is 4.64 Å². The molecular weight excluding hydrogens is 398 g/mol. The van der Waals surface area contributed by atoms with Crippen LogP contribution in [-0.2, 0) is 16.1 Å². The second kappa shape index (κ2) is 12.5. The van der Waals surface area contributed by atoms with Gasteiger partial charge >= 0.3 is 5.97 Å². The fraction of sp³-hybridized carbons (Fsp3) is 0.478. The standard InChI is InChI=1S/C21H27N3O3S.C2H6/c1-22-23-18-12-13-24(20(28)17(18)14-25)19(15-8-4-2-5-9-15)21(26)27-16-10-6-3-7-11-16;1-2/h2,4-5,8-9,12-13,16,19,22-23,25H,3,6-7,10-11,14H2,1H3;1-2H3. The van der Waals surface area contributed by atoms with E-state index in [1.807, 2.05) is 44.2 Å². The topological polar surface area (TPSA) is 75.5 Å². The van der Waals surface area contributed by atoms with E-state index in [2.05, 4.69) is 10.9 Å². The van der Waals surface area contributed by atoms with Crippen LogP contribution in [0.5, 0.6) is 0 Å². The zero-order valence-corrected chi connectivity index (χ0v) is 18.9. The van der Waals surface area contributed by atoms with E-state index in [-0.39, 0.29) is 18.7 Å². The molecule has 1 aromatic heterocycles. The first-order chi connectivity index (χ1) is 14.7. The number of aromatic nitrogens is 1. The second-order valence-electron chi connectivity index (χ2n) is 6.96. The summed E-state index contributed by atoms with van der Waals surface area (Å²) in [4.78, 5) is 13.2. The molecule has 3 N–H and O–H groups in total. The lowest BCUT2D eigenvalue weighted by Crippen LogP contribution is -2.29. The van der Waals surface area contributed by atoms with E-state index >= 15 is 0 Å². The number of nitrogens with one attached hydrogen (secondary N) is 2. The Hall–Kier alpha value is -2.22. The molecule has 164 valence electrons. The maximum atomic E-state index is 13.2.